The number of aliphatic imine (C=N–C) groups is 1. The van der Waals surface area contributed by atoms with E-state index in [2.05, 4.69) is 10.3 Å². The standard InChI is InChI=1S/C11H10F2N2O/c12-10-3-1-8(2-4-10)5-9-6-14-11(13,16)15-7-9/h1-4,6-7,14,16H,5H2. The highest BCUT2D eigenvalue weighted by Gasteiger charge is 2.24. The molecule has 0 bridgehead atoms. The number of allylic oxidation sites excluding steroid dienone is 1. The fraction of sp³-hybridized carbons (Fsp3) is 0.182. The first kappa shape index (κ1) is 10.8. The van der Waals surface area contributed by atoms with Crippen molar-refractivity contribution in [2.75, 3.05) is 0 Å². The van der Waals surface area contributed by atoms with E-state index in [1.165, 1.54) is 24.5 Å². The van der Waals surface area contributed by atoms with E-state index in [0.29, 0.717) is 12.0 Å². The molecule has 0 saturated heterocycles. The van der Waals surface area contributed by atoms with E-state index in [4.69, 9.17) is 5.11 Å². The van der Waals surface area contributed by atoms with Gasteiger partial charge in [0.15, 0.2) is 0 Å². The summed E-state index contributed by atoms with van der Waals surface area (Å²) in [5.74, 6) is -0.300. The summed E-state index contributed by atoms with van der Waals surface area (Å²) < 4.78 is 25.4. The molecule has 0 aromatic heterocycles. The van der Waals surface area contributed by atoms with Crippen LogP contribution in [0, 0.1) is 5.82 Å². The van der Waals surface area contributed by atoms with Crippen LogP contribution < -0.4 is 5.32 Å². The molecule has 0 saturated carbocycles. The zero-order chi connectivity index (χ0) is 11.6. The third-order valence-electron chi connectivity index (χ3n) is 2.16. The Bertz CT molecular complexity index is 438. The molecule has 2 rings (SSSR count). The van der Waals surface area contributed by atoms with Crippen molar-refractivity contribution in [3.63, 3.8) is 0 Å². The predicted molar refractivity (Wildman–Crippen MR) is 55.9 cm³/mol. The highest BCUT2D eigenvalue weighted by Crippen LogP contribution is 2.13. The Kier molecular flexibility index (Phi) is 2.70. The first-order valence-electron chi connectivity index (χ1n) is 4.73. The molecule has 1 aliphatic heterocycles. The van der Waals surface area contributed by atoms with Gasteiger partial charge in [0.2, 0.25) is 0 Å². The summed E-state index contributed by atoms with van der Waals surface area (Å²) in [5, 5.41) is 10.9. The van der Waals surface area contributed by atoms with E-state index in [0.717, 1.165) is 5.56 Å². The lowest BCUT2D eigenvalue weighted by Crippen LogP contribution is -2.37. The topological polar surface area (TPSA) is 44.6 Å². The monoisotopic (exact) mass is 224 g/mol. The van der Waals surface area contributed by atoms with Gasteiger partial charge in [0.1, 0.15) is 5.82 Å². The van der Waals surface area contributed by atoms with Crippen LogP contribution in [0.1, 0.15) is 5.56 Å². The van der Waals surface area contributed by atoms with Crippen molar-refractivity contribution in [1.29, 1.82) is 0 Å². The highest BCUT2D eigenvalue weighted by molar-refractivity contribution is 5.80. The van der Waals surface area contributed by atoms with Gasteiger partial charge in [-0.05, 0) is 23.3 Å². The number of hydrogen-bond acceptors (Lipinski definition) is 3. The number of nitrogens with one attached hydrogen (secondary N) is 1. The number of hydrogen-bond donors (Lipinski definition) is 2. The van der Waals surface area contributed by atoms with Gasteiger partial charge in [-0.25, -0.2) is 9.38 Å². The maximum Gasteiger partial charge on any atom is 0.391 e. The summed E-state index contributed by atoms with van der Waals surface area (Å²) >= 11 is 0. The highest BCUT2D eigenvalue weighted by atomic mass is 19.2. The van der Waals surface area contributed by atoms with Crippen molar-refractivity contribution in [1.82, 2.24) is 5.32 Å². The third-order valence-corrected chi connectivity index (χ3v) is 2.16. The molecule has 0 amide bonds. The molecule has 1 aromatic rings. The second kappa shape index (κ2) is 4.02. The fourth-order valence-electron chi connectivity index (χ4n) is 1.36. The van der Waals surface area contributed by atoms with Crippen molar-refractivity contribution in [2.45, 2.75) is 12.5 Å². The lowest BCUT2D eigenvalue weighted by atomic mass is 10.1. The molecule has 2 N–H and O–H groups in total. The molecule has 3 nitrogen and oxygen atoms in total. The number of benzene rings is 1. The van der Waals surface area contributed by atoms with Gasteiger partial charge in [-0.2, -0.15) is 4.39 Å². The maximum absolute atomic E-state index is 12.8. The molecule has 1 atom stereocenters. The summed E-state index contributed by atoms with van der Waals surface area (Å²) in [4.78, 5) is 3.27. The maximum atomic E-state index is 12.8. The summed E-state index contributed by atoms with van der Waals surface area (Å²) in [5.41, 5.74) is 1.58. The Balaban J connectivity index is 2.05. The lowest BCUT2D eigenvalue weighted by molar-refractivity contribution is -0.0985. The van der Waals surface area contributed by atoms with Gasteiger partial charge >= 0.3 is 6.10 Å². The van der Waals surface area contributed by atoms with Crippen LogP contribution in [0.5, 0.6) is 0 Å². The van der Waals surface area contributed by atoms with Gasteiger partial charge in [0, 0.05) is 18.8 Å². The quantitative estimate of drug-likeness (QED) is 0.748. The first-order valence-corrected chi connectivity index (χ1v) is 4.73. The number of halogens is 2. The minimum atomic E-state index is -2.72. The summed E-state index contributed by atoms with van der Waals surface area (Å²) in [6.07, 6.45) is 0.370. The van der Waals surface area contributed by atoms with Crippen LogP contribution in [0.15, 0.2) is 41.0 Å². The van der Waals surface area contributed by atoms with Crippen LogP contribution in [-0.2, 0) is 6.42 Å². The Morgan fingerprint density at radius 2 is 2.00 bits per heavy atom. The zero-order valence-corrected chi connectivity index (χ0v) is 8.32. The second-order valence-corrected chi connectivity index (χ2v) is 3.51. The number of alkyl halides is 1. The largest absolute Gasteiger partial charge is 0.391 e. The van der Waals surface area contributed by atoms with E-state index in [9.17, 15) is 8.78 Å². The van der Waals surface area contributed by atoms with Crippen molar-refractivity contribution < 1.29 is 13.9 Å². The van der Waals surface area contributed by atoms with Gasteiger partial charge in [-0.3, -0.25) is 0 Å². The van der Waals surface area contributed by atoms with Crippen LogP contribution in [0.2, 0.25) is 0 Å². The average molecular weight is 224 g/mol. The normalized spacial score (nSPS) is 23.8. The number of nitrogens with zero attached hydrogens (tertiary/aromatic N) is 1. The summed E-state index contributed by atoms with van der Waals surface area (Å²) in [6, 6.07) is 5.99. The lowest BCUT2D eigenvalue weighted by Gasteiger charge is -2.18. The Labute approximate surface area is 91.1 Å². The van der Waals surface area contributed by atoms with Crippen LogP contribution in [0.4, 0.5) is 8.78 Å². The molecule has 0 fully saturated rings. The average Bonchev–Trinajstić information content (AvgIpc) is 2.24. The molecular weight excluding hydrogens is 214 g/mol. The molecule has 16 heavy (non-hydrogen) atoms. The molecule has 1 unspecified atom stereocenters. The Hall–Kier alpha value is -1.75. The molecule has 1 aromatic carbocycles. The number of rotatable bonds is 2. The van der Waals surface area contributed by atoms with Crippen molar-refractivity contribution in [3.8, 4) is 0 Å². The van der Waals surface area contributed by atoms with Gasteiger partial charge < -0.3 is 10.4 Å². The summed E-state index contributed by atoms with van der Waals surface area (Å²) in [6.45, 7) is 0. The second-order valence-electron chi connectivity index (χ2n) is 3.51. The number of aliphatic hydroxyl groups is 1. The first-order chi connectivity index (χ1) is 7.55. The van der Waals surface area contributed by atoms with Crippen LogP contribution in [-0.4, -0.2) is 17.4 Å². The molecule has 0 radical (unpaired) electrons. The van der Waals surface area contributed by atoms with E-state index < -0.39 is 6.10 Å². The third kappa shape index (κ3) is 2.64. The molecule has 0 spiro atoms. The van der Waals surface area contributed by atoms with E-state index in [1.54, 1.807) is 12.1 Å². The van der Waals surface area contributed by atoms with E-state index >= 15 is 0 Å². The fourth-order valence-corrected chi connectivity index (χ4v) is 1.36. The van der Waals surface area contributed by atoms with Crippen LogP contribution >= 0.6 is 0 Å². The van der Waals surface area contributed by atoms with Crippen LogP contribution in [0.25, 0.3) is 0 Å². The molecule has 5 heteroatoms. The SMILES string of the molecule is OC1(F)N=CC(Cc2ccc(F)cc2)=CN1. The molecule has 1 aliphatic rings. The van der Waals surface area contributed by atoms with Gasteiger partial charge in [0.25, 0.3) is 0 Å². The Morgan fingerprint density at radius 3 is 2.56 bits per heavy atom. The smallest absolute Gasteiger partial charge is 0.326 e. The minimum absolute atomic E-state index is 0.300. The van der Waals surface area contributed by atoms with E-state index in [1.807, 2.05) is 0 Å². The summed E-state index contributed by atoms with van der Waals surface area (Å²) in [7, 11) is 0. The molecular formula is C11H10F2N2O. The molecule has 0 aliphatic carbocycles. The van der Waals surface area contributed by atoms with Gasteiger partial charge in [-0.15, -0.1) is 0 Å². The van der Waals surface area contributed by atoms with Gasteiger partial charge in [0.05, 0.1) is 0 Å². The zero-order valence-electron chi connectivity index (χ0n) is 8.32. The van der Waals surface area contributed by atoms with E-state index in [-0.39, 0.29) is 5.82 Å². The minimum Gasteiger partial charge on any atom is -0.326 e. The molecule has 84 valence electrons. The van der Waals surface area contributed by atoms with Crippen molar-refractivity contribution >= 4 is 6.21 Å². The van der Waals surface area contributed by atoms with Crippen LogP contribution in [0.3, 0.4) is 0 Å². The predicted octanol–water partition coefficient (Wildman–Crippen LogP) is 1.50. The van der Waals surface area contributed by atoms with Crippen molar-refractivity contribution in [2.24, 2.45) is 4.99 Å². The van der Waals surface area contributed by atoms with Crippen molar-refractivity contribution in [3.05, 3.63) is 47.4 Å². The molecule has 1 heterocycles. The Morgan fingerprint density at radius 1 is 1.31 bits per heavy atom. The van der Waals surface area contributed by atoms with Gasteiger partial charge in [-0.1, -0.05) is 12.1 Å².